The van der Waals surface area contributed by atoms with Crippen molar-refractivity contribution in [3.8, 4) is 5.75 Å². The molecule has 1 aliphatic heterocycles. The Morgan fingerprint density at radius 3 is 2.93 bits per heavy atom. The Kier molecular flexibility index (Phi) is 2.60. The molecule has 1 amide bonds. The van der Waals surface area contributed by atoms with Gasteiger partial charge in [0, 0.05) is 0 Å². The summed E-state index contributed by atoms with van der Waals surface area (Å²) in [5.74, 6) is 0.331. The molecule has 5 heteroatoms. The minimum atomic E-state index is -0.569. The summed E-state index contributed by atoms with van der Waals surface area (Å²) >= 11 is 5.27. The van der Waals surface area contributed by atoms with E-state index >= 15 is 0 Å². The van der Waals surface area contributed by atoms with Crippen LogP contribution < -0.4 is 9.64 Å². The molecule has 0 spiro atoms. The summed E-state index contributed by atoms with van der Waals surface area (Å²) in [5.41, 5.74) is 0.586. The normalized spacial score (nSPS) is 14.5. The molecule has 0 radical (unpaired) electrons. The summed E-state index contributed by atoms with van der Waals surface area (Å²) in [6.07, 6.45) is 0. The third-order valence-corrected chi connectivity index (χ3v) is 2.21. The molecule has 0 fully saturated rings. The standard InChI is InChI=1S/C10H8ClNO3/c11-9(13)5-12-7-3-1-2-4-8(7)15-6-10(12)14/h1-4H,5-6H2. The largest absolute Gasteiger partial charge is 0.482 e. The fourth-order valence-corrected chi connectivity index (χ4v) is 1.57. The Labute approximate surface area is 91.4 Å². The maximum Gasteiger partial charge on any atom is 0.265 e. The van der Waals surface area contributed by atoms with Gasteiger partial charge in [0.1, 0.15) is 12.3 Å². The van der Waals surface area contributed by atoms with Crippen LogP contribution in [0.3, 0.4) is 0 Å². The molecule has 0 atom stereocenters. The number of carbonyl (C=O) groups is 2. The molecular formula is C10H8ClNO3. The van der Waals surface area contributed by atoms with Crippen LogP contribution in [0.25, 0.3) is 0 Å². The smallest absolute Gasteiger partial charge is 0.265 e. The lowest BCUT2D eigenvalue weighted by molar-refractivity contribution is -0.122. The van der Waals surface area contributed by atoms with Crippen LogP contribution in [-0.2, 0) is 9.59 Å². The first kappa shape index (κ1) is 9.98. The number of anilines is 1. The fourth-order valence-electron chi connectivity index (χ4n) is 1.45. The number of fused-ring (bicyclic) bond motifs is 1. The summed E-state index contributed by atoms with van der Waals surface area (Å²) < 4.78 is 5.20. The number of carbonyl (C=O) groups excluding carboxylic acids is 2. The number of rotatable bonds is 2. The third-order valence-electron chi connectivity index (χ3n) is 2.09. The molecular weight excluding hydrogens is 218 g/mol. The zero-order valence-corrected chi connectivity index (χ0v) is 8.53. The van der Waals surface area contributed by atoms with Crippen LogP contribution in [0.5, 0.6) is 5.75 Å². The first-order valence-electron chi connectivity index (χ1n) is 4.39. The number of nitrogens with zero attached hydrogens (tertiary/aromatic N) is 1. The van der Waals surface area contributed by atoms with Gasteiger partial charge in [0.2, 0.25) is 5.24 Å². The number of benzene rings is 1. The van der Waals surface area contributed by atoms with E-state index in [-0.39, 0.29) is 19.1 Å². The van der Waals surface area contributed by atoms with Crippen LogP contribution in [-0.4, -0.2) is 24.3 Å². The molecule has 0 bridgehead atoms. The van der Waals surface area contributed by atoms with Crippen LogP contribution in [0.2, 0.25) is 0 Å². The van der Waals surface area contributed by atoms with E-state index < -0.39 is 5.24 Å². The lowest BCUT2D eigenvalue weighted by Gasteiger charge is -2.27. The highest BCUT2D eigenvalue weighted by Crippen LogP contribution is 2.31. The highest BCUT2D eigenvalue weighted by Gasteiger charge is 2.26. The van der Waals surface area contributed by atoms with Gasteiger partial charge >= 0.3 is 0 Å². The van der Waals surface area contributed by atoms with Crippen molar-refractivity contribution in [2.24, 2.45) is 0 Å². The zero-order chi connectivity index (χ0) is 10.8. The molecule has 0 aliphatic carbocycles. The second-order valence-corrected chi connectivity index (χ2v) is 3.51. The van der Waals surface area contributed by atoms with Crippen molar-refractivity contribution in [2.45, 2.75) is 0 Å². The van der Waals surface area contributed by atoms with Crippen molar-refractivity contribution in [1.29, 1.82) is 0 Å². The van der Waals surface area contributed by atoms with Gasteiger partial charge in [0.25, 0.3) is 5.91 Å². The van der Waals surface area contributed by atoms with Crippen LogP contribution in [0.4, 0.5) is 5.69 Å². The summed E-state index contributed by atoms with van der Waals surface area (Å²) in [7, 11) is 0. The molecule has 0 N–H and O–H groups in total. The van der Waals surface area contributed by atoms with Crippen molar-refractivity contribution in [3.05, 3.63) is 24.3 Å². The average molecular weight is 226 g/mol. The molecule has 0 saturated carbocycles. The summed E-state index contributed by atoms with van der Waals surface area (Å²) in [5, 5.41) is -0.569. The molecule has 1 aromatic carbocycles. The first-order valence-corrected chi connectivity index (χ1v) is 4.77. The van der Waals surface area contributed by atoms with E-state index in [9.17, 15) is 9.59 Å². The van der Waals surface area contributed by atoms with E-state index in [4.69, 9.17) is 16.3 Å². The van der Waals surface area contributed by atoms with Gasteiger partial charge in [-0.3, -0.25) is 14.5 Å². The second-order valence-electron chi connectivity index (χ2n) is 3.09. The SMILES string of the molecule is O=C(Cl)CN1C(=O)COc2ccccc21. The molecule has 78 valence electrons. The van der Waals surface area contributed by atoms with Crippen LogP contribution in [0.1, 0.15) is 0 Å². The molecule has 2 rings (SSSR count). The van der Waals surface area contributed by atoms with Gasteiger partial charge < -0.3 is 4.74 Å². The maximum absolute atomic E-state index is 11.5. The molecule has 0 saturated heterocycles. The molecule has 4 nitrogen and oxygen atoms in total. The van der Waals surface area contributed by atoms with E-state index in [1.165, 1.54) is 4.90 Å². The van der Waals surface area contributed by atoms with Crippen molar-refractivity contribution in [1.82, 2.24) is 0 Å². The predicted octanol–water partition coefficient (Wildman–Crippen LogP) is 1.18. The molecule has 0 aromatic heterocycles. The molecule has 1 heterocycles. The van der Waals surface area contributed by atoms with Gasteiger partial charge in [-0.05, 0) is 23.7 Å². The lowest BCUT2D eigenvalue weighted by atomic mass is 10.2. The molecule has 1 aromatic rings. The Hall–Kier alpha value is -1.55. The average Bonchev–Trinajstić information content (AvgIpc) is 2.22. The van der Waals surface area contributed by atoms with Gasteiger partial charge in [0.05, 0.1) is 5.69 Å². The number of halogens is 1. The van der Waals surface area contributed by atoms with E-state index in [1.807, 2.05) is 0 Å². The van der Waals surface area contributed by atoms with Crippen LogP contribution in [0, 0.1) is 0 Å². The minimum absolute atomic E-state index is 0.0544. The van der Waals surface area contributed by atoms with Crippen LogP contribution >= 0.6 is 11.6 Å². The summed E-state index contributed by atoms with van der Waals surface area (Å²) in [4.78, 5) is 23.6. The highest BCUT2D eigenvalue weighted by molar-refractivity contribution is 6.64. The van der Waals surface area contributed by atoms with E-state index in [1.54, 1.807) is 24.3 Å². The predicted molar refractivity (Wildman–Crippen MR) is 55.2 cm³/mol. The summed E-state index contributed by atoms with van der Waals surface area (Å²) in [6, 6.07) is 7.03. The highest BCUT2D eigenvalue weighted by atomic mass is 35.5. The van der Waals surface area contributed by atoms with Gasteiger partial charge in [-0.1, -0.05) is 12.1 Å². The third kappa shape index (κ3) is 1.94. The monoisotopic (exact) mass is 225 g/mol. The number of amides is 1. The van der Waals surface area contributed by atoms with Crippen LogP contribution in [0.15, 0.2) is 24.3 Å². The summed E-state index contributed by atoms with van der Waals surface area (Å²) in [6.45, 7) is -0.179. The Morgan fingerprint density at radius 2 is 2.20 bits per heavy atom. The number of hydrogen-bond acceptors (Lipinski definition) is 3. The van der Waals surface area contributed by atoms with E-state index in [2.05, 4.69) is 0 Å². The molecule has 0 unspecified atom stereocenters. The van der Waals surface area contributed by atoms with E-state index in [0.717, 1.165) is 0 Å². The van der Waals surface area contributed by atoms with Crippen molar-refractivity contribution in [3.63, 3.8) is 0 Å². The maximum atomic E-state index is 11.5. The van der Waals surface area contributed by atoms with E-state index in [0.29, 0.717) is 11.4 Å². The van der Waals surface area contributed by atoms with Gasteiger partial charge in [-0.2, -0.15) is 0 Å². The van der Waals surface area contributed by atoms with Gasteiger partial charge in [0.15, 0.2) is 6.61 Å². The molecule has 1 aliphatic rings. The van der Waals surface area contributed by atoms with Crippen molar-refractivity contribution >= 4 is 28.4 Å². The Balaban J connectivity index is 2.37. The Morgan fingerprint density at radius 1 is 1.47 bits per heavy atom. The first-order chi connectivity index (χ1) is 7.18. The second kappa shape index (κ2) is 3.90. The number of para-hydroxylation sites is 2. The minimum Gasteiger partial charge on any atom is -0.482 e. The quantitative estimate of drug-likeness (QED) is 0.710. The topological polar surface area (TPSA) is 46.6 Å². The molecule has 15 heavy (non-hydrogen) atoms. The number of ether oxygens (including phenoxy) is 1. The zero-order valence-electron chi connectivity index (χ0n) is 7.77. The lowest BCUT2D eigenvalue weighted by Crippen LogP contribution is -2.41. The van der Waals surface area contributed by atoms with Crippen molar-refractivity contribution < 1.29 is 14.3 Å². The number of hydrogen-bond donors (Lipinski definition) is 0. The van der Waals surface area contributed by atoms with Gasteiger partial charge in [-0.25, -0.2) is 0 Å². The van der Waals surface area contributed by atoms with Crippen molar-refractivity contribution in [2.75, 3.05) is 18.1 Å². The fraction of sp³-hybridized carbons (Fsp3) is 0.200. The Bertz CT molecular complexity index is 419. The van der Waals surface area contributed by atoms with Gasteiger partial charge in [-0.15, -0.1) is 0 Å².